The van der Waals surface area contributed by atoms with E-state index in [1.165, 1.54) is 17.2 Å². The van der Waals surface area contributed by atoms with Gasteiger partial charge in [0.1, 0.15) is 5.82 Å². The van der Waals surface area contributed by atoms with Crippen LogP contribution in [0.25, 0.3) is 11.1 Å². The molecule has 1 N–H and O–H groups in total. The molecule has 0 fully saturated rings. The van der Waals surface area contributed by atoms with Crippen molar-refractivity contribution in [2.24, 2.45) is 0 Å². The van der Waals surface area contributed by atoms with Crippen molar-refractivity contribution in [2.75, 3.05) is 0 Å². The van der Waals surface area contributed by atoms with Crippen LogP contribution in [0.5, 0.6) is 0 Å². The zero-order valence-electron chi connectivity index (χ0n) is 8.83. The van der Waals surface area contributed by atoms with Gasteiger partial charge >= 0.3 is 0 Å². The highest BCUT2D eigenvalue weighted by Gasteiger charge is 2.11. The topological polar surface area (TPSA) is 12.0 Å². The minimum absolute atomic E-state index is 0.159. The van der Waals surface area contributed by atoms with Crippen molar-refractivity contribution in [3.8, 4) is 11.1 Å². The maximum atomic E-state index is 13.6. The highest BCUT2D eigenvalue weighted by Crippen LogP contribution is 2.26. The maximum absolute atomic E-state index is 13.6. The van der Waals surface area contributed by atoms with Gasteiger partial charge in [0.05, 0.1) is 0 Å². The molecule has 2 heteroatoms. The smallest absolute Gasteiger partial charge is 0.131 e. The van der Waals surface area contributed by atoms with Gasteiger partial charge in [0.15, 0.2) is 0 Å². The lowest BCUT2D eigenvalue weighted by molar-refractivity contribution is 0.631. The minimum atomic E-state index is -0.159. The molecular weight excluding hydrogens is 201 g/mol. The van der Waals surface area contributed by atoms with E-state index in [-0.39, 0.29) is 5.82 Å². The first kappa shape index (κ1) is 9.55. The van der Waals surface area contributed by atoms with Gasteiger partial charge in [0, 0.05) is 18.7 Å². The number of benzene rings is 2. The average Bonchev–Trinajstić information content (AvgIpc) is 2.76. The largest absolute Gasteiger partial charge is 0.309 e. The van der Waals surface area contributed by atoms with Crippen molar-refractivity contribution in [1.82, 2.24) is 5.32 Å². The standard InChI is InChI=1S/C14H12FN/c15-14-4-2-1-3-13(14)10-5-6-11-8-16-9-12(11)7-10/h1-7,16H,8-9H2. The van der Waals surface area contributed by atoms with Crippen LogP contribution in [-0.2, 0) is 13.1 Å². The second-order valence-electron chi connectivity index (χ2n) is 4.07. The van der Waals surface area contributed by atoms with Crippen molar-refractivity contribution in [1.29, 1.82) is 0 Å². The molecule has 16 heavy (non-hydrogen) atoms. The van der Waals surface area contributed by atoms with E-state index >= 15 is 0 Å². The quantitative estimate of drug-likeness (QED) is 0.767. The van der Waals surface area contributed by atoms with Gasteiger partial charge in [-0.2, -0.15) is 0 Å². The Kier molecular flexibility index (Phi) is 2.22. The zero-order chi connectivity index (χ0) is 11.0. The molecule has 0 saturated carbocycles. The fraction of sp³-hybridized carbons (Fsp3) is 0.143. The Morgan fingerprint density at radius 1 is 0.938 bits per heavy atom. The van der Waals surface area contributed by atoms with Gasteiger partial charge in [-0.15, -0.1) is 0 Å². The third-order valence-electron chi connectivity index (χ3n) is 3.02. The Balaban J connectivity index is 2.11. The Bertz CT molecular complexity index is 534. The summed E-state index contributed by atoms with van der Waals surface area (Å²) in [6.45, 7) is 1.81. The van der Waals surface area contributed by atoms with Gasteiger partial charge in [-0.25, -0.2) is 4.39 Å². The summed E-state index contributed by atoms with van der Waals surface area (Å²) in [5, 5.41) is 3.29. The van der Waals surface area contributed by atoms with Crippen LogP contribution >= 0.6 is 0 Å². The van der Waals surface area contributed by atoms with Gasteiger partial charge in [-0.3, -0.25) is 0 Å². The second-order valence-corrected chi connectivity index (χ2v) is 4.07. The van der Waals surface area contributed by atoms with Crippen LogP contribution in [0.1, 0.15) is 11.1 Å². The highest BCUT2D eigenvalue weighted by molar-refractivity contribution is 5.65. The fourth-order valence-electron chi connectivity index (χ4n) is 2.16. The molecule has 1 aliphatic heterocycles. The van der Waals surface area contributed by atoms with E-state index in [4.69, 9.17) is 0 Å². The maximum Gasteiger partial charge on any atom is 0.131 e. The van der Waals surface area contributed by atoms with Crippen molar-refractivity contribution in [3.05, 3.63) is 59.4 Å². The molecule has 2 aromatic carbocycles. The molecule has 2 aromatic rings. The lowest BCUT2D eigenvalue weighted by atomic mass is 10.0. The Morgan fingerprint density at radius 2 is 1.75 bits per heavy atom. The number of hydrogen-bond donors (Lipinski definition) is 1. The Labute approximate surface area is 93.9 Å². The third-order valence-corrected chi connectivity index (χ3v) is 3.02. The lowest BCUT2D eigenvalue weighted by Crippen LogP contribution is -1.99. The van der Waals surface area contributed by atoms with Crippen LogP contribution in [0.3, 0.4) is 0 Å². The summed E-state index contributed by atoms with van der Waals surface area (Å²) in [6.07, 6.45) is 0. The summed E-state index contributed by atoms with van der Waals surface area (Å²) in [7, 11) is 0. The number of halogens is 1. The van der Waals surface area contributed by atoms with E-state index in [1.54, 1.807) is 6.07 Å². The average molecular weight is 213 g/mol. The van der Waals surface area contributed by atoms with E-state index in [1.807, 2.05) is 18.2 Å². The van der Waals surface area contributed by atoms with Crippen molar-refractivity contribution < 1.29 is 4.39 Å². The first-order chi connectivity index (χ1) is 7.84. The Morgan fingerprint density at radius 3 is 2.62 bits per heavy atom. The number of nitrogens with one attached hydrogen (secondary N) is 1. The SMILES string of the molecule is Fc1ccccc1-c1ccc2c(c1)CNC2. The predicted octanol–water partition coefficient (Wildman–Crippen LogP) is 3.10. The van der Waals surface area contributed by atoms with Crippen molar-refractivity contribution >= 4 is 0 Å². The molecule has 0 radical (unpaired) electrons. The van der Waals surface area contributed by atoms with Crippen LogP contribution in [-0.4, -0.2) is 0 Å². The molecule has 0 aromatic heterocycles. The van der Waals surface area contributed by atoms with E-state index in [2.05, 4.69) is 17.4 Å². The molecule has 0 aliphatic carbocycles. The lowest BCUT2D eigenvalue weighted by Gasteiger charge is -2.05. The van der Waals surface area contributed by atoms with Crippen LogP contribution in [0.4, 0.5) is 4.39 Å². The van der Waals surface area contributed by atoms with E-state index in [0.717, 1.165) is 18.7 Å². The van der Waals surface area contributed by atoms with Gasteiger partial charge in [-0.1, -0.05) is 30.3 Å². The van der Waals surface area contributed by atoms with Gasteiger partial charge < -0.3 is 5.32 Å². The molecule has 1 aliphatic rings. The van der Waals surface area contributed by atoms with Crippen LogP contribution in [0.15, 0.2) is 42.5 Å². The molecule has 0 unspecified atom stereocenters. The Hall–Kier alpha value is -1.67. The van der Waals surface area contributed by atoms with Crippen molar-refractivity contribution in [2.45, 2.75) is 13.1 Å². The summed E-state index contributed by atoms with van der Waals surface area (Å²) in [5.41, 5.74) is 4.23. The molecule has 0 bridgehead atoms. The number of rotatable bonds is 1. The molecule has 0 spiro atoms. The summed E-state index contributed by atoms with van der Waals surface area (Å²) in [5.74, 6) is -0.159. The number of hydrogen-bond acceptors (Lipinski definition) is 1. The van der Waals surface area contributed by atoms with E-state index in [0.29, 0.717) is 5.56 Å². The van der Waals surface area contributed by atoms with Crippen LogP contribution < -0.4 is 5.32 Å². The predicted molar refractivity (Wildman–Crippen MR) is 62.4 cm³/mol. The van der Waals surface area contributed by atoms with Crippen LogP contribution in [0.2, 0.25) is 0 Å². The van der Waals surface area contributed by atoms with Crippen LogP contribution in [0, 0.1) is 5.82 Å². The third kappa shape index (κ3) is 1.51. The second kappa shape index (κ2) is 3.72. The first-order valence-electron chi connectivity index (χ1n) is 5.42. The zero-order valence-corrected chi connectivity index (χ0v) is 8.83. The normalized spacial score (nSPS) is 13.8. The summed E-state index contributed by atoms with van der Waals surface area (Å²) < 4.78 is 13.6. The molecule has 80 valence electrons. The molecule has 3 rings (SSSR count). The summed E-state index contributed by atoms with van der Waals surface area (Å²) >= 11 is 0. The molecular formula is C14H12FN. The molecule has 0 atom stereocenters. The first-order valence-corrected chi connectivity index (χ1v) is 5.42. The number of fused-ring (bicyclic) bond motifs is 1. The molecule has 0 saturated heterocycles. The van der Waals surface area contributed by atoms with E-state index in [9.17, 15) is 4.39 Å². The fourth-order valence-corrected chi connectivity index (χ4v) is 2.16. The summed E-state index contributed by atoms with van der Waals surface area (Å²) in [4.78, 5) is 0. The van der Waals surface area contributed by atoms with Gasteiger partial charge in [0.2, 0.25) is 0 Å². The minimum Gasteiger partial charge on any atom is -0.309 e. The van der Waals surface area contributed by atoms with Gasteiger partial charge in [-0.05, 0) is 28.8 Å². The summed E-state index contributed by atoms with van der Waals surface area (Å²) in [6, 6.07) is 13.0. The van der Waals surface area contributed by atoms with Gasteiger partial charge in [0.25, 0.3) is 0 Å². The highest BCUT2D eigenvalue weighted by atomic mass is 19.1. The molecule has 0 amide bonds. The monoisotopic (exact) mass is 213 g/mol. The van der Waals surface area contributed by atoms with E-state index < -0.39 is 0 Å². The molecule has 1 heterocycles. The van der Waals surface area contributed by atoms with Crippen molar-refractivity contribution in [3.63, 3.8) is 0 Å². The molecule has 1 nitrogen and oxygen atoms in total.